The molecule has 0 aromatic rings. The summed E-state index contributed by atoms with van der Waals surface area (Å²) in [5.74, 6) is 0.427. The van der Waals surface area contributed by atoms with E-state index in [1.807, 2.05) is 6.92 Å². The minimum absolute atomic E-state index is 0.424. The quantitative estimate of drug-likeness (QED) is 0.590. The third kappa shape index (κ3) is 1.80. The summed E-state index contributed by atoms with van der Waals surface area (Å²) in [7, 11) is 2.28. The zero-order chi connectivity index (χ0) is 9.41. The molecule has 1 saturated heterocycles. The first-order chi connectivity index (χ1) is 5.40. The van der Waals surface area contributed by atoms with Crippen LogP contribution < -0.4 is 0 Å². The number of piperidine rings is 1. The maximum absolute atomic E-state index is 9.96. The van der Waals surface area contributed by atoms with Crippen molar-refractivity contribution >= 4 is 0 Å². The van der Waals surface area contributed by atoms with Gasteiger partial charge in [0.2, 0.25) is 0 Å². The molecule has 2 nitrogen and oxygen atoms in total. The number of likely N-dealkylation sites (tertiary alicyclic amines) is 1. The van der Waals surface area contributed by atoms with E-state index in [0.29, 0.717) is 5.92 Å². The van der Waals surface area contributed by atoms with Crippen molar-refractivity contribution < 1.29 is 9.59 Å². The summed E-state index contributed by atoms with van der Waals surface area (Å²) in [6, 6.07) is 0. The van der Waals surface area contributed by atoms with Gasteiger partial charge in [0, 0.05) is 12.3 Å². The summed E-state index contributed by atoms with van der Waals surface area (Å²) in [4.78, 5) is 0. The van der Waals surface area contributed by atoms with E-state index < -0.39 is 5.60 Å². The number of hydrogen-bond acceptors (Lipinski definition) is 1. The Bertz CT molecular complexity index is 167. The second kappa shape index (κ2) is 3.00. The van der Waals surface area contributed by atoms with Crippen molar-refractivity contribution in [3.63, 3.8) is 0 Å². The number of hydrogen-bond donors (Lipinski definition) is 1. The average Bonchev–Trinajstić information content (AvgIpc) is 1.99. The lowest BCUT2D eigenvalue weighted by Gasteiger charge is -2.46. The van der Waals surface area contributed by atoms with Crippen LogP contribution in [0.25, 0.3) is 0 Å². The van der Waals surface area contributed by atoms with Gasteiger partial charge in [-0.2, -0.15) is 0 Å². The SMILES string of the molecule is CC[N+]1(C)CCC(C)(O)C(C)C1. The van der Waals surface area contributed by atoms with E-state index in [0.717, 1.165) is 24.0 Å². The third-order valence-corrected chi connectivity index (χ3v) is 3.70. The zero-order valence-electron chi connectivity index (χ0n) is 8.80. The molecule has 0 aromatic carbocycles. The largest absolute Gasteiger partial charge is 0.389 e. The Morgan fingerprint density at radius 2 is 2.17 bits per heavy atom. The molecule has 1 aliphatic heterocycles. The second-order valence-corrected chi connectivity index (χ2v) is 4.85. The van der Waals surface area contributed by atoms with E-state index in [1.165, 1.54) is 6.54 Å². The standard InChI is InChI=1S/C10H22NO/c1-5-11(4)7-6-10(3,12)9(2)8-11/h9,12H,5-8H2,1-4H3/q+1. The van der Waals surface area contributed by atoms with Crippen LogP contribution in [0, 0.1) is 5.92 Å². The normalized spacial score (nSPS) is 49.2. The molecular formula is C10H22NO+. The lowest BCUT2D eigenvalue weighted by atomic mass is 9.83. The minimum Gasteiger partial charge on any atom is -0.389 e. The van der Waals surface area contributed by atoms with Crippen molar-refractivity contribution in [1.82, 2.24) is 0 Å². The van der Waals surface area contributed by atoms with Gasteiger partial charge in [0.25, 0.3) is 0 Å². The maximum Gasteiger partial charge on any atom is 0.0838 e. The summed E-state index contributed by atoms with van der Waals surface area (Å²) in [5.41, 5.74) is -0.424. The van der Waals surface area contributed by atoms with E-state index >= 15 is 0 Å². The second-order valence-electron chi connectivity index (χ2n) is 4.85. The Morgan fingerprint density at radius 3 is 2.58 bits per heavy atom. The van der Waals surface area contributed by atoms with E-state index in [2.05, 4.69) is 20.9 Å². The highest BCUT2D eigenvalue weighted by Crippen LogP contribution is 2.30. The molecular weight excluding hydrogens is 150 g/mol. The monoisotopic (exact) mass is 172 g/mol. The van der Waals surface area contributed by atoms with Gasteiger partial charge in [-0.3, -0.25) is 0 Å². The topological polar surface area (TPSA) is 20.2 Å². The van der Waals surface area contributed by atoms with Crippen LogP contribution in [-0.2, 0) is 0 Å². The first kappa shape index (κ1) is 10.0. The molecule has 1 aliphatic rings. The number of quaternary nitrogens is 1. The highest BCUT2D eigenvalue weighted by molar-refractivity contribution is 4.82. The van der Waals surface area contributed by atoms with Gasteiger partial charge < -0.3 is 9.59 Å². The molecule has 3 atom stereocenters. The van der Waals surface area contributed by atoms with Gasteiger partial charge in [0.15, 0.2) is 0 Å². The van der Waals surface area contributed by atoms with Crippen LogP contribution in [-0.4, -0.2) is 41.9 Å². The molecule has 1 N–H and O–H groups in total. The number of aliphatic hydroxyl groups is 1. The molecule has 12 heavy (non-hydrogen) atoms. The van der Waals surface area contributed by atoms with Gasteiger partial charge in [-0.15, -0.1) is 0 Å². The molecule has 0 saturated carbocycles. The highest BCUT2D eigenvalue weighted by atomic mass is 16.3. The molecule has 1 heterocycles. The molecule has 1 rings (SSSR count). The molecule has 0 bridgehead atoms. The fourth-order valence-electron chi connectivity index (χ4n) is 1.98. The van der Waals surface area contributed by atoms with Crippen molar-refractivity contribution in [1.29, 1.82) is 0 Å². The Kier molecular flexibility index (Phi) is 2.50. The molecule has 0 radical (unpaired) electrons. The Labute approximate surface area is 75.8 Å². The van der Waals surface area contributed by atoms with E-state index in [4.69, 9.17) is 0 Å². The number of rotatable bonds is 1. The van der Waals surface area contributed by atoms with Crippen molar-refractivity contribution in [2.24, 2.45) is 5.92 Å². The van der Waals surface area contributed by atoms with Crippen molar-refractivity contribution in [2.75, 3.05) is 26.7 Å². The molecule has 72 valence electrons. The predicted molar refractivity (Wildman–Crippen MR) is 50.9 cm³/mol. The van der Waals surface area contributed by atoms with Crippen molar-refractivity contribution in [2.45, 2.75) is 32.8 Å². The van der Waals surface area contributed by atoms with Crippen LogP contribution in [0.2, 0.25) is 0 Å². The van der Waals surface area contributed by atoms with Crippen LogP contribution in [0.4, 0.5) is 0 Å². The summed E-state index contributed by atoms with van der Waals surface area (Å²) < 4.78 is 1.12. The fourth-order valence-corrected chi connectivity index (χ4v) is 1.98. The first-order valence-electron chi connectivity index (χ1n) is 4.95. The third-order valence-electron chi connectivity index (χ3n) is 3.70. The van der Waals surface area contributed by atoms with E-state index in [1.54, 1.807) is 0 Å². The van der Waals surface area contributed by atoms with Crippen LogP contribution >= 0.6 is 0 Å². The Morgan fingerprint density at radius 1 is 1.58 bits per heavy atom. The molecule has 1 fully saturated rings. The predicted octanol–water partition coefficient (Wildman–Crippen LogP) is 1.24. The minimum atomic E-state index is -0.424. The van der Waals surface area contributed by atoms with Gasteiger partial charge in [-0.05, 0) is 13.8 Å². The van der Waals surface area contributed by atoms with Gasteiger partial charge >= 0.3 is 0 Å². The molecule has 0 amide bonds. The summed E-state index contributed by atoms with van der Waals surface area (Å²) in [6.45, 7) is 9.77. The van der Waals surface area contributed by atoms with E-state index in [-0.39, 0.29) is 0 Å². The van der Waals surface area contributed by atoms with Crippen LogP contribution in [0.1, 0.15) is 27.2 Å². The first-order valence-corrected chi connectivity index (χ1v) is 4.95. The average molecular weight is 172 g/mol. The molecule has 3 unspecified atom stereocenters. The van der Waals surface area contributed by atoms with Gasteiger partial charge in [-0.25, -0.2) is 0 Å². The van der Waals surface area contributed by atoms with Crippen molar-refractivity contribution in [3.8, 4) is 0 Å². The van der Waals surface area contributed by atoms with E-state index in [9.17, 15) is 5.11 Å². The van der Waals surface area contributed by atoms with Crippen LogP contribution in [0.3, 0.4) is 0 Å². The number of nitrogens with zero attached hydrogens (tertiary/aromatic N) is 1. The smallest absolute Gasteiger partial charge is 0.0838 e. The Hall–Kier alpha value is -0.0800. The van der Waals surface area contributed by atoms with Crippen molar-refractivity contribution in [3.05, 3.63) is 0 Å². The van der Waals surface area contributed by atoms with Gasteiger partial charge in [0.1, 0.15) is 0 Å². The van der Waals surface area contributed by atoms with Gasteiger partial charge in [0.05, 0.1) is 32.3 Å². The van der Waals surface area contributed by atoms with Crippen LogP contribution in [0.15, 0.2) is 0 Å². The lowest BCUT2D eigenvalue weighted by Crippen LogP contribution is -2.58. The lowest BCUT2D eigenvalue weighted by molar-refractivity contribution is -0.918. The summed E-state index contributed by atoms with van der Waals surface area (Å²) in [5, 5.41) is 9.96. The van der Waals surface area contributed by atoms with Crippen LogP contribution in [0.5, 0.6) is 0 Å². The molecule has 0 aromatic heterocycles. The highest BCUT2D eigenvalue weighted by Gasteiger charge is 2.40. The summed E-state index contributed by atoms with van der Waals surface area (Å²) in [6.07, 6.45) is 0.943. The fraction of sp³-hybridized carbons (Fsp3) is 1.00. The van der Waals surface area contributed by atoms with Gasteiger partial charge in [-0.1, -0.05) is 6.92 Å². The maximum atomic E-state index is 9.96. The molecule has 2 heteroatoms. The molecule has 0 spiro atoms. The zero-order valence-corrected chi connectivity index (χ0v) is 8.80. The Balaban J connectivity index is 2.63. The summed E-state index contributed by atoms with van der Waals surface area (Å²) >= 11 is 0. The molecule has 0 aliphatic carbocycles.